The highest BCUT2D eigenvalue weighted by Crippen LogP contribution is 2.12. The lowest BCUT2D eigenvalue weighted by molar-refractivity contribution is -0.138. The molecular weight excluding hydrogens is 338 g/mol. The molecule has 0 radical (unpaired) electrons. The van der Waals surface area contributed by atoms with Gasteiger partial charge in [-0.15, -0.1) is 0 Å². The minimum atomic E-state index is -1.67. The number of carbonyl (C=O) groups excluding carboxylic acids is 1. The quantitative estimate of drug-likeness (QED) is 0.254. The molecule has 0 aliphatic heterocycles. The number of aliphatic hydroxyl groups excluding tert-OH is 5. The van der Waals surface area contributed by atoms with Crippen molar-refractivity contribution in [1.82, 2.24) is 4.90 Å². The fraction of sp³-hybridized carbons (Fsp3) is 0.947. The summed E-state index contributed by atoms with van der Waals surface area (Å²) in [7, 11) is 1.53. The standard InChI is InChI=1S/C19H39NO6/c1-3-4-5-6-7-8-9-10-11-12-17(24)20(2)13-15(22)18(25)19(26)16(23)14-21/h15-16,18-19,21-23,25-26H,3-14H2,1-2H3/t15-,16-,18+,19-/m1/s1. The number of amides is 1. The van der Waals surface area contributed by atoms with Gasteiger partial charge in [-0.05, 0) is 6.42 Å². The van der Waals surface area contributed by atoms with Crippen LogP contribution in [0.15, 0.2) is 0 Å². The number of hydrogen-bond donors (Lipinski definition) is 5. The molecule has 0 unspecified atom stereocenters. The van der Waals surface area contributed by atoms with Gasteiger partial charge in [-0.2, -0.15) is 0 Å². The number of nitrogens with zero attached hydrogens (tertiary/aromatic N) is 1. The average Bonchev–Trinajstić information content (AvgIpc) is 2.64. The summed E-state index contributed by atoms with van der Waals surface area (Å²) in [6.07, 6.45) is 4.64. The lowest BCUT2D eigenvalue weighted by atomic mass is 10.0. The number of carbonyl (C=O) groups is 1. The van der Waals surface area contributed by atoms with Gasteiger partial charge < -0.3 is 30.4 Å². The predicted octanol–water partition coefficient (Wildman–Crippen LogP) is 0.802. The molecule has 0 aromatic carbocycles. The van der Waals surface area contributed by atoms with Gasteiger partial charge in [0, 0.05) is 20.0 Å². The highest BCUT2D eigenvalue weighted by Gasteiger charge is 2.31. The molecule has 4 atom stereocenters. The summed E-state index contributed by atoms with van der Waals surface area (Å²) >= 11 is 0. The number of hydrogen-bond acceptors (Lipinski definition) is 6. The van der Waals surface area contributed by atoms with Crippen molar-refractivity contribution < 1.29 is 30.3 Å². The maximum Gasteiger partial charge on any atom is 0.222 e. The van der Waals surface area contributed by atoms with Crippen molar-refractivity contribution in [2.24, 2.45) is 0 Å². The molecule has 0 saturated carbocycles. The highest BCUT2D eigenvalue weighted by atomic mass is 16.4. The first kappa shape index (κ1) is 25.3. The van der Waals surface area contributed by atoms with Crippen molar-refractivity contribution >= 4 is 5.91 Å². The van der Waals surface area contributed by atoms with E-state index in [1.54, 1.807) is 0 Å². The molecule has 0 aliphatic carbocycles. The number of unbranched alkanes of at least 4 members (excludes halogenated alkanes) is 8. The van der Waals surface area contributed by atoms with E-state index in [0.717, 1.165) is 19.3 Å². The van der Waals surface area contributed by atoms with Crippen LogP contribution in [-0.4, -0.2) is 81.0 Å². The van der Waals surface area contributed by atoms with E-state index in [2.05, 4.69) is 6.92 Å². The zero-order chi connectivity index (χ0) is 19.9. The molecule has 0 aromatic rings. The minimum Gasteiger partial charge on any atom is -0.394 e. The fourth-order valence-corrected chi connectivity index (χ4v) is 2.83. The first-order chi connectivity index (χ1) is 12.3. The molecule has 7 nitrogen and oxygen atoms in total. The lowest BCUT2D eigenvalue weighted by Crippen LogP contribution is -2.49. The Balaban J connectivity index is 3.88. The molecule has 0 rings (SSSR count). The maximum absolute atomic E-state index is 12.0. The van der Waals surface area contributed by atoms with Crippen molar-refractivity contribution in [1.29, 1.82) is 0 Å². The van der Waals surface area contributed by atoms with E-state index >= 15 is 0 Å². The molecule has 1 amide bonds. The van der Waals surface area contributed by atoms with Gasteiger partial charge in [0.05, 0.1) is 6.61 Å². The van der Waals surface area contributed by atoms with Crippen LogP contribution in [0, 0.1) is 0 Å². The van der Waals surface area contributed by atoms with Gasteiger partial charge in [0.2, 0.25) is 5.91 Å². The van der Waals surface area contributed by atoms with Crippen LogP contribution >= 0.6 is 0 Å². The van der Waals surface area contributed by atoms with Gasteiger partial charge in [-0.3, -0.25) is 4.79 Å². The molecule has 0 fully saturated rings. The van der Waals surface area contributed by atoms with Crippen LogP contribution in [0.5, 0.6) is 0 Å². The normalized spacial score (nSPS) is 16.1. The Hall–Kier alpha value is -0.730. The van der Waals surface area contributed by atoms with E-state index in [4.69, 9.17) is 5.11 Å². The Bertz CT molecular complexity index is 355. The van der Waals surface area contributed by atoms with Crippen LogP contribution in [0.1, 0.15) is 71.1 Å². The summed E-state index contributed by atoms with van der Waals surface area (Å²) in [6.45, 7) is 1.33. The third-order valence-electron chi connectivity index (χ3n) is 4.71. The van der Waals surface area contributed by atoms with Crippen molar-refractivity contribution in [2.45, 2.75) is 95.5 Å². The Morgan fingerprint density at radius 1 is 0.808 bits per heavy atom. The second kappa shape index (κ2) is 15.3. The van der Waals surface area contributed by atoms with Crippen LogP contribution in [0.4, 0.5) is 0 Å². The second-order valence-electron chi connectivity index (χ2n) is 7.15. The summed E-state index contributed by atoms with van der Waals surface area (Å²) in [4.78, 5) is 13.4. The third-order valence-corrected chi connectivity index (χ3v) is 4.71. The topological polar surface area (TPSA) is 121 Å². The fourth-order valence-electron chi connectivity index (χ4n) is 2.83. The SMILES string of the molecule is CCCCCCCCCCCC(=O)N(C)C[C@@H](O)[C@H](O)[C@H](O)[C@H](O)CO. The van der Waals surface area contributed by atoms with E-state index in [-0.39, 0.29) is 12.5 Å². The summed E-state index contributed by atoms with van der Waals surface area (Å²) < 4.78 is 0. The van der Waals surface area contributed by atoms with Gasteiger partial charge in [0.1, 0.15) is 24.4 Å². The van der Waals surface area contributed by atoms with E-state index < -0.39 is 31.0 Å². The van der Waals surface area contributed by atoms with Gasteiger partial charge in [0.15, 0.2) is 0 Å². The zero-order valence-electron chi connectivity index (χ0n) is 16.4. The Labute approximate surface area is 157 Å². The van der Waals surface area contributed by atoms with Crippen LogP contribution < -0.4 is 0 Å². The first-order valence-corrected chi connectivity index (χ1v) is 9.92. The molecule has 7 heteroatoms. The zero-order valence-corrected chi connectivity index (χ0v) is 16.4. The van der Waals surface area contributed by atoms with Crippen molar-refractivity contribution in [2.75, 3.05) is 20.2 Å². The minimum absolute atomic E-state index is 0.128. The Kier molecular flexibility index (Phi) is 14.9. The molecule has 0 aromatic heterocycles. The lowest BCUT2D eigenvalue weighted by Gasteiger charge is -2.28. The first-order valence-electron chi connectivity index (χ1n) is 9.92. The van der Waals surface area contributed by atoms with Crippen molar-refractivity contribution in [3.63, 3.8) is 0 Å². The van der Waals surface area contributed by atoms with E-state index in [1.165, 1.54) is 50.5 Å². The second-order valence-corrected chi connectivity index (χ2v) is 7.15. The number of rotatable bonds is 16. The van der Waals surface area contributed by atoms with E-state index in [1.807, 2.05) is 0 Å². The summed E-state index contributed by atoms with van der Waals surface area (Å²) in [5.41, 5.74) is 0. The van der Waals surface area contributed by atoms with Crippen molar-refractivity contribution in [3.8, 4) is 0 Å². The van der Waals surface area contributed by atoms with Crippen LogP contribution in [0.25, 0.3) is 0 Å². The van der Waals surface area contributed by atoms with Gasteiger partial charge in [-0.25, -0.2) is 0 Å². The van der Waals surface area contributed by atoms with E-state index in [0.29, 0.717) is 6.42 Å². The largest absolute Gasteiger partial charge is 0.394 e. The number of aliphatic hydroxyl groups is 5. The molecule has 156 valence electrons. The van der Waals surface area contributed by atoms with Gasteiger partial charge in [-0.1, -0.05) is 58.3 Å². The molecule has 0 spiro atoms. The summed E-state index contributed by atoms with van der Waals surface area (Å²) in [5.74, 6) is -0.128. The highest BCUT2D eigenvalue weighted by molar-refractivity contribution is 5.75. The smallest absolute Gasteiger partial charge is 0.222 e. The molecule has 5 N–H and O–H groups in total. The summed E-state index contributed by atoms with van der Waals surface area (Å²) in [5, 5.41) is 47.3. The van der Waals surface area contributed by atoms with Crippen LogP contribution in [0.3, 0.4) is 0 Å². The Morgan fingerprint density at radius 3 is 1.77 bits per heavy atom. The van der Waals surface area contributed by atoms with E-state index in [9.17, 15) is 25.2 Å². The third kappa shape index (κ3) is 11.1. The van der Waals surface area contributed by atoms with Crippen LogP contribution in [-0.2, 0) is 4.79 Å². The van der Waals surface area contributed by atoms with Gasteiger partial charge >= 0.3 is 0 Å². The molecular formula is C19H39NO6. The molecule has 26 heavy (non-hydrogen) atoms. The molecule has 0 heterocycles. The predicted molar refractivity (Wildman–Crippen MR) is 101 cm³/mol. The molecule has 0 bridgehead atoms. The average molecular weight is 378 g/mol. The monoisotopic (exact) mass is 377 g/mol. The van der Waals surface area contributed by atoms with Crippen LogP contribution in [0.2, 0.25) is 0 Å². The maximum atomic E-state index is 12.0. The molecule has 0 saturated heterocycles. The van der Waals surface area contributed by atoms with Gasteiger partial charge in [0.25, 0.3) is 0 Å². The molecule has 0 aliphatic rings. The Morgan fingerprint density at radius 2 is 1.27 bits per heavy atom. The van der Waals surface area contributed by atoms with Crippen molar-refractivity contribution in [3.05, 3.63) is 0 Å². The summed E-state index contributed by atoms with van der Waals surface area (Å²) in [6, 6.07) is 0. The number of likely N-dealkylation sites (N-methyl/N-ethyl adjacent to an activating group) is 1.